The van der Waals surface area contributed by atoms with Gasteiger partial charge in [0.25, 0.3) is 5.91 Å². The van der Waals surface area contributed by atoms with Crippen molar-refractivity contribution < 1.29 is 27.2 Å². The number of benzene rings is 1. The van der Waals surface area contributed by atoms with Crippen LogP contribution in [0.3, 0.4) is 0 Å². The second-order valence-corrected chi connectivity index (χ2v) is 8.84. The van der Waals surface area contributed by atoms with Crippen LogP contribution in [0.5, 0.6) is 0 Å². The van der Waals surface area contributed by atoms with E-state index in [1.807, 2.05) is 30.3 Å². The van der Waals surface area contributed by atoms with Crippen molar-refractivity contribution in [1.82, 2.24) is 5.32 Å². The molecule has 0 radical (unpaired) electrons. The lowest BCUT2D eigenvalue weighted by atomic mass is 10.1. The van der Waals surface area contributed by atoms with Gasteiger partial charge in [0.15, 0.2) is 16.4 Å². The number of furan rings is 1. The van der Waals surface area contributed by atoms with Crippen LogP contribution in [0.25, 0.3) is 11.0 Å². The van der Waals surface area contributed by atoms with Crippen LogP contribution in [0.4, 0.5) is 0 Å². The van der Waals surface area contributed by atoms with Gasteiger partial charge >= 0.3 is 5.97 Å². The number of ether oxygens (including phenoxy) is 1. The Morgan fingerprint density at radius 2 is 2.12 bits per heavy atom. The Kier molecular flexibility index (Phi) is 5.31. The summed E-state index contributed by atoms with van der Waals surface area (Å²) >= 11 is 0. The molecule has 26 heavy (non-hydrogen) atoms. The topological polar surface area (TPSA) is 103 Å². The molecule has 8 heteroatoms. The van der Waals surface area contributed by atoms with E-state index in [0.29, 0.717) is 12.2 Å². The highest BCUT2D eigenvalue weighted by Crippen LogP contribution is 2.24. The van der Waals surface area contributed by atoms with Crippen molar-refractivity contribution in [1.29, 1.82) is 0 Å². The molecule has 2 atom stereocenters. The number of nitrogens with one attached hydrogen (secondary N) is 1. The zero-order valence-electron chi connectivity index (χ0n) is 14.4. The van der Waals surface area contributed by atoms with Crippen molar-refractivity contribution in [2.24, 2.45) is 5.92 Å². The Morgan fingerprint density at radius 3 is 2.81 bits per heavy atom. The Hall–Kier alpha value is -2.35. The van der Waals surface area contributed by atoms with Gasteiger partial charge in [-0.2, -0.15) is 0 Å². The summed E-state index contributed by atoms with van der Waals surface area (Å²) in [5.74, 6) is -0.478. The number of rotatable bonds is 6. The van der Waals surface area contributed by atoms with Crippen LogP contribution in [0.2, 0.25) is 0 Å². The van der Waals surface area contributed by atoms with Crippen molar-refractivity contribution in [3.05, 3.63) is 36.1 Å². The molecule has 1 aromatic heterocycles. The first kappa shape index (κ1) is 18.4. The van der Waals surface area contributed by atoms with Crippen molar-refractivity contribution in [2.75, 3.05) is 18.1 Å². The molecule has 1 N–H and O–H groups in total. The standard InChI is InChI=1S/C18H21NO6S/c1-12(16-9-14-4-2-3-5-15(14)25-16)19-17(20)10-24-18(21)8-13-6-7-26(22,23)11-13/h2-5,9,12-13H,6-8,10-11H2,1H3,(H,19,20)/t12-,13-/m1/s1. The van der Waals surface area contributed by atoms with Gasteiger partial charge in [-0.25, -0.2) is 8.42 Å². The normalized spacial score (nSPS) is 20.0. The highest BCUT2D eigenvalue weighted by atomic mass is 32.2. The molecule has 0 aliphatic carbocycles. The van der Waals surface area contributed by atoms with E-state index in [2.05, 4.69) is 5.32 Å². The lowest BCUT2D eigenvalue weighted by molar-refractivity contribution is -0.149. The van der Waals surface area contributed by atoms with E-state index in [-0.39, 0.29) is 29.9 Å². The first-order chi connectivity index (χ1) is 12.3. The lowest BCUT2D eigenvalue weighted by Gasteiger charge is -2.12. The van der Waals surface area contributed by atoms with Gasteiger partial charge < -0.3 is 14.5 Å². The summed E-state index contributed by atoms with van der Waals surface area (Å²) in [6, 6.07) is 9.02. The number of amides is 1. The zero-order chi connectivity index (χ0) is 18.7. The number of hydrogen-bond acceptors (Lipinski definition) is 6. The second-order valence-electron chi connectivity index (χ2n) is 6.61. The number of fused-ring (bicyclic) bond motifs is 1. The Bertz CT molecular complexity index is 884. The number of hydrogen-bond donors (Lipinski definition) is 1. The molecule has 7 nitrogen and oxygen atoms in total. The first-order valence-electron chi connectivity index (χ1n) is 8.46. The van der Waals surface area contributed by atoms with Gasteiger partial charge in [-0.3, -0.25) is 9.59 Å². The molecule has 1 saturated heterocycles. The Morgan fingerprint density at radius 1 is 1.35 bits per heavy atom. The number of esters is 1. The van der Waals surface area contributed by atoms with Crippen LogP contribution in [0, 0.1) is 5.92 Å². The van der Waals surface area contributed by atoms with Gasteiger partial charge in [0.2, 0.25) is 0 Å². The van der Waals surface area contributed by atoms with Crippen LogP contribution >= 0.6 is 0 Å². The van der Waals surface area contributed by atoms with E-state index < -0.39 is 28.3 Å². The quantitative estimate of drug-likeness (QED) is 0.770. The third-order valence-corrected chi connectivity index (χ3v) is 6.23. The zero-order valence-corrected chi connectivity index (χ0v) is 15.3. The molecule has 0 unspecified atom stereocenters. The minimum absolute atomic E-state index is 0.0113. The number of carbonyl (C=O) groups is 2. The second kappa shape index (κ2) is 7.49. The molecule has 1 aromatic carbocycles. The largest absolute Gasteiger partial charge is 0.459 e. The van der Waals surface area contributed by atoms with Gasteiger partial charge in [-0.1, -0.05) is 18.2 Å². The monoisotopic (exact) mass is 379 g/mol. The fourth-order valence-corrected chi connectivity index (χ4v) is 4.91. The van der Waals surface area contributed by atoms with E-state index in [1.54, 1.807) is 6.92 Å². The predicted octanol–water partition coefficient (Wildman–Crippen LogP) is 1.98. The molecule has 140 valence electrons. The average Bonchev–Trinajstić information content (AvgIpc) is 3.16. The fraction of sp³-hybridized carbons (Fsp3) is 0.444. The van der Waals surface area contributed by atoms with Crippen LogP contribution in [0.15, 0.2) is 34.7 Å². The summed E-state index contributed by atoms with van der Waals surface area (Å²) in [6.45, 7) is 1.38. The maximum atomic E-state index is 12.0. The molecule has 2 aromatic rings. The summed E-state index contributed by atoms with van der Waals surface area (Å²) in [6.07, 6.45) is 0.484. The molecule has 0 spiro atoms. The molecule has 2 heterocycles. The maximum Gasteiger partial charge on any atom is 0.306 e. The minimum atomic E-state index is -3.03. The Balaban J connectivity index is 1.45. The summed E-state index contributed by atoms with van der Waals surface area (Å²) < 4.78 is 33.4. The highest BCUT2D eigenvalue weighted by molar-refractivity contribution is 7.91. The van der Waals surface area contributed by atoms with E-state index in [4.69, 9.17) is 9.15 Å². The molecule has 1 aliphatic heterocycles. The van der Waals surface area contributed by atoms with Crippen LogP contribution in [0.1, 0.15) is 31.6 Å². The summed E-state index contributed by atoms with van der Waals surface area (Å²) in [4.78, 5) is 23.7. The van der Waals surface area contributed by atoms with E-state index in [9.17, 15) is 18.0 Å². The molecule has 1 amide bonds. The molecule has 0 bridgehead atoms. The molecular weight excluding hydrogens is 358 g/mol. The summed E-state index contributed by atoms with van der Waals surface area (Å²) in [5, 5.41) is 3.66. The van der Waals surface area contributed by atoms with Crippen molar-refractivity contribution in [3.63, 3.8) is 0 Å². The molecule has 3 rings (SSSR count). The van der Waals surface area contributed by atoms with Gasteiger partial charge in [0, 0.05) is 11.8 Å². The highest BCUT2D eigenvalue weighted by Gasteiger charge is 2.30. The lowest BCUT2D eigenvalue weighted by Crippen LogP contribution is -2.31. The molecule has 1 aliphatic rings. The van der Waals surface area contributed by atoms with Crippen molar-refractivity contribution in [3.8, 4) is 0 Å². The third kappa shape index (κ3) is 4.63. The van der Waals surface area contributed by atoms with Gasteiger partial charge in [0.05, 0.1) is 17.5 Å². The smallest absolute Gasteiger partial charge is 0.306 e. The van der Waals surface area contributed by atoms with Gasteiger partial charge in [-0.05, 0) is 31.4 Å². The van der Waals surface area contributed by atoms with E-state index in [1.165, 1.54) is 0 Å². The van der Waals surface area contributed by atoms with Crippen LogP contribution in [-0.4, -0.2) is 38.4 Å². The molecule has 0 saturated carbocycles. The summed E-state index contributed by atoms with van der Waals surface area (Å²) in [5.41, 5.74) is 0.738. The predicted molar refractivity (Wildman–Crippen MR) is 95.1 cm³/mol. The molecular formula is C18H21NO6S. The minimum Gasteiger partial charge on any atom is -0.459 e. The average molecular weight is 379 g/mol. The third-order valence-electron chi connectivity index (χ3n) is 4.40. The van der Waals surface area contributed by atoms with E-state index in [0.717, 1.165) is 11.0 Å². The van der Waals surface area contributed by atoms with Crippen LogP contribution in [-0.2, 0) is 24.2 Å². The van der Waals surface area contributed by atoms with Gasteiger partial charge in [0.1, 0.15) is 11.3 Å². The van der Waals surface area contributed by atoms with Crippen molar-refractivity contribution >= 4 is 32.7 Å². The van der Waals surface area contributed by atoms with E-state index >= 15 is 0 Å². The number of carbonyl (C=O) groups excluding carboxylic acids is 2. The number of para-hydroxylation sites is 1. The molecule has 1 fully saturated rings. The SMILES string of the molecule is C[C@@H](NC(=O)COC(=O)C[C@H]1CCS(=O)(=O)C1)c1cc2ccccc2o1. The first-order valence-corrected chi connectivity index (χ1v) is 10.3. The van der Waals surface area contributed by atoms with Gasteiger partial charge in [-0.15, -0.1) is 0 Å². The van der Waals surface area contributed by atoms with Crippen molar-refractivity contribution in [2.45, 2.75) is 25.8 Å². The Labute approximate surface area is 151 Å². The maximum absolute atomic E-state index is 12.0. The van der Waals surface area contributed by atoms with Crippen LogP contribution < -0.4 is 5.32 Å². The fourth-order valence-electron chi connectivity index (χ4n) is 3.04. The summed E-state index contributed by atoms with van der Waals surface area (Å²) in [7, 11) is -3.03. The number of sulfone groups is 1.